The molecule has 0 radical (unpaired) electrons. The molecule has 0 bridgehead atoms. The number of hydrogen-bond acceptors (Lipinski definition) is 2. The van der Waals surface area contributed by atoms with Crippen molar-refractivity contribution < 1.29 is 4.74 Å². The van der Waals surface area contributed by atoms with Crippen molar-refractivity contribution in [2.75, 3.05) is 13.7 Å². The molecular weight excluding hydrogens is 210 g/mol. The van der Waals surface area contributed by atoms with E-state index in [-0.39, 0.29) is 0 Å². The van der Waals surface area contributed by atoms with Crippen LogP contribution in [0.25, 0.3) is 0 Å². The number of ether oxygens (including phenoxy) is 1. The molecule has 0 heterocycles. The van der Waals surface area contributed by atoms with Crippen LogP contribution >= 0.6 is 0 Å². The van der Waals surface area contributed by atoms with E-state index in [0.29, 0.717) is 0 Å². The van der Waals surface area contributed by atoms with Crippen LogP contribution in [0.1, 0.15) is 31.7 Å². The zero-order chi connectivity index (χ0) is 12.1. The van der Waals surface area contributed by atoms with Crippen LogP contribution in [0.4, 0.5) is 0 Å². The largest absolute Gasteiger partial charge is 0.497 e. The quantitative estimate of drug-likeness (QED) is 0.844. The summed E-state index contributed by atoms with van der Waals surface area (Å²) < 4.78 is 5.23. The molecule has 0 amide bonds. The molecule has 2 unspecified atom stereocenters. The zero-order valence-corrected chi connectivity index (χ0v) is 10.9. The first kappa shape index (κ1) is 12.4. The summed E-state index contributed by atoms with van der Waals surface area (Å²) in [5.41, 5.74) is 1.35. The van der Waals surface area contributed by atoms with E-state index in [4.69, 9.17) is 4.74 Å². The summed E-state index contributed by atoms with van der Waals surface area (Å²) in [4.78, 5) is 0. The van der Waals surface area contributed by atoms with Gasteiger partial charge in [-0.3, -0.25) is 0 Å². The van der Waals surface area contributed by atoms with Gasteiger partial charge in [-0.15, -0.1) is 0 Å². The van der Waals surface area contributed by atoms with Gasteiger partial charge < -0.3 is 10.1 Å². The Morgan fingerprint density at radius 1 is 1.35 bits per heavy atom. The van der Waals surface area contributed by atoms with Crippen molar-refractivity contribution in [2.45, 2.75) is 38.6 Å². The fourth-order valence-electron chi connectivity index (χ4n) is 2.68. The van der Waals surface area contributed by atoms with Crippen LogP contribution in [-0.2, 0) is 6.42 Å². The number of methoxy groups -OCH3 is 1. The van der Waals surface area contributed by atoms with E-state index in [1.165, 1.54) is 24.8 Å². The molecule has 1 aromatic rings. The summed E-state index contributed by atoms with van der Waals surface area (Å²) in [5.74, 6) is 1.80. The third kappa shape index (κ3) is 3.47. The van der Waals surface area contributed by atoms with Crippen molar-refractivity contribution >= 4 is 0 Å². The second-order valence-electron chi connectivity index (χ2n) is 5.07. The van der Waals surface area contributed by atoms with E-state index in [1.54, 1.807) is 7.11 Å². The molecule has 2 nitrogen and oxygen atoms in total. The molecule has 2 atom stereocenters. The number of hydrogen-bond donors (Lipinski definition) is 1. The third-order valence-corrected chi connectivity index (χ3v) is 3.82. The van der Waals surface area contributed by atoms with Crippen LogP contribution in [0, 0.1) is 5.92 Å². The summed E-state index contributed by atoms with van der Waals surface area (Å²) in [7, 11) is 1.72. The van der Waals surface area contributed by atoms with Crippen LogP contribution in [0.5, 0.6) is 5.75 Å². The fourth-order valence-corrected chi connectivity index (χ4v) is 2.68. The van der Waals surface area contributed by atoms with Gasteiger partial charge in [0.15, 0.2) is 0 Å². The minimum Gasteiger partial charge on any atom is -0.497 e. The van der Waals surface area contributed by atoms with Crippen molar-refractivity contribution in [2.24, 2.45) is 5.92 Å². The molecule has 17 heavy (non-hydrogen) atoms. The van der Waals surface area contributed by atoms with Crippen LogP contribution in [0.15, 0.2) is 24.3 Å². The van der Waals surface area contributed by atoms with Gasteiger partial charge in [0.05, 0.1) is 7.11 Å². The zero-order valence-electron chi connectivity index (χ0n) is 10.9. The molecule has 1 aliphatic rings. The lowest BCUT2D eigenvalue weighted by Gasteiger charge is -2.17. The Hall–Kier alpha value is -1.02. The van der Waals surface area contributed by atoms with Gasteiger partial charge in [0, 0.05) is 6.04 Å². The molecule has 0 saturated heterocycles. The minimum absolute atomic E-state index is 0.737. The van der Waals surface area contributed by atoms with Gasteiger partial charge in [-0.25, -0.2) is 0 Å². The highest BCUT2D eigenvalue weighted by molar-refractivity contribution is 5.28. The second-order valence-corrected chi connectivity index (χ2v) is 5.07. The predicted octanol–water partition coefficient (Wildman–Crippen LogP) is 3.02. The number of nitrogens with one attached hydrogen (secondary N) is 1. The molecule has 0 aromatic heterocycles. The van der Waals surface area contributed by atoms with E-state index >= 15 is 0 Å². The highest BCUT2D eigenvalue weighted by atomic mass is 16.5. The van der Waals surface area contributed by atoms with Gasteiger partial charge in [0.2, 0.25) is 0 Å². The van der Waals surface area contributed by atoms with Crippen molar-refractivity contribution in [3.8, 4) is 5.75 Å². The molecule has 1 saturated carbocycles. The number of rotatable bonds is 5. The lowest BCUT2D eigenvalue weighted by Crippen LogP contribution is -2.32. The fraction of sp³-hybridized carbons (Fsp3) is 0.600. The SMILES string of the molecule is COc1cccc(CCNC2CCCC2C)c1. The maximum Gasteiger partial charge on any atom is 0.119 e. The lowest BCUT2D eigenvalue weighted by molar-refractivity contribution is 0.413. The third-order valence-electron chi connectivity index (χ3n) is 3.82. The minimum atomic E-state index is 0.737. The van der Waals surface area contributed by atoms with Crippen LogP contribution in [0.3, 0.4) is 0 Å². The van der Waals surface area contributed by atoms with Gasteiger partial charge in [0.25, 0.3) is 0 Å². The van der Waals surface area contributed by atoms with Gasteiger partial charge >= 0.3 is 0 Å². The summed E-state index contributed by atoms with van der Waals surface area (Å²) in [6.07, 6.45) is 5.20. The average Bonchev–Trinajstić information content (AvgIpc) is 2.76. The predicted molar refractivity (Wildman–Crippen MR) is 71.5 cm³/mol. The van der Waals surface area contributed by atoms with E-state index in [9.17, 15) is 0 Å². The topological polar surface area (TPSA) is 21.3 Å². The van der Waals surface area contributed by atoms with Gasteiger partial charge in [-0.05, 0) is 49.4 Å². The summed E-state index contributed by atoms with van der Waals surface area (Å²) in [5, 5.41) is 3.68. The maximum atomic E-state index is 5.23. The van der Waals surface area contributed by atoms with Gasteiger partial charge in [0.1, 0.15) is 5.75 Å². The smallest absolute Gasteiger partial charge is 0.119 e. The first-order valence-corrected chi connectivity index (χ1v) is 6.66. The molecule has 1 aliphatic carbocycles. The van der Waals surface area contributed by atoms with Crippen LogP contribution in [-0.4, -0.2) is 19.7 Å². The Balaban J connectivity index is 1.77. The molecule has 1 N–H and O–H groups in total. The Labute approximate surface area is 104 Å². The van der Waals surface area contributed by atoms with E-state index in [1.807, 2.05) is 6.07 Å². The standard InChI is InChI=1S/C15H23NO/c1-12-5-3-8-15(12)16-10-9-13-6-4-7-14(11-13)17-2/h4,6-7,11-12,15-16H,3,5,8-10H2,1-2H3. The van der Waals surface area contributed by atoms with Crippen LogP contribution < -0.4 is 10.1 Å². The lowest BCUT2D eigenvalue weighted by atomic mass is 10.1. The van der Waals surface area contributed by atoms with E-state index in [0.717, 1.165) is 30.7 Å². The highest BCUT2D eigenvalue weighted by Gasteiger charge is 2.21. The Morgan fingerprint density at radius 3 is 2.94 bits per heavy atom. The van der Waals surface area contributed by atoms with Crippen molar-refractivity contribution in [1.82, 2.24) is 5.32 Å². The average molecular weight is 233 g/mol. The summed E-state index contributed by atoms with van der Waals surface area (Å²) in [6.45, 7) is 3.43. The molecule has 1 aromatic carbocycles. The molecule has 2 rings (SSSR count). The van der Waals surface area contributed by atoms with Crippen molar-refractivity contribution in [3.63, 3.8) is 0 Å². The molecule has 1 fully saturated rings. The Bertz CT molecular complexity index is 351. The normalized spacial score (nSPS) is 23.9. The monoisotopic (exact) mass is 233 g/mol. The first-order chi connectivity index (χ1) is 8.29. The number of benzene rings is 1. The Morgan fingerprint density at radius 2 is 2.24 bits per heavy atom. The van der Waals surface area contributed by atoms with Gasteiger partial charge in [-0.2, -0.15) is 0 Å². The van der Waals surface area contributed by atoms with Crippen molar-refractivity contribution in [1.29, 1.82) is 0 Å². The summed E-state index contributed by atoms with van der Waals surface area (Å²) >= 11 is 0. The van der Waals surface area contributed by atoms with Gasteiger partial charge in [-0.1, -0.05) is 25.5 Å². The molecule has 94 valence electrons. The molecule has 0 aliphatic heterocycles. The molecule has 2 heteroatoms. The first-order valence-electron chi connectivity index (χ1n) is 6.66. The molecule has 0 spiro atoms. The second kappa shape index (κ2) is 6.06. The van der Waals surface area contributed by atoms with E-state index < -0.39 is 0 Å². The highest BCUT2D eigenvalue weighted by Crippen LogP contribution is 2.24. The molecular formula is C15H23NO. The maximum absolute atomic E-state index is 5.23. The Kier molecular flexibility index (Phi) is 4.43. The van der Waals surface area contributed by atoms with Crippen molar-refractivity contribution in [3.05, 3.63) is 29.8 Å². The van der Waals surface area contributed by atoms with E-state index in [2.05, 4.69) is 30.4 Å². The van der Waals surface area contributed by atoms with Crippen LogP contribution in [0.2, 0.25) is 0 Å². The summed E-state index contributed by atoms with van der Waals surface area (Å²) in [6, 6.07) is 9.09.